The zero-order valence-electron chi connectivity index (χ0n) is 17.4. The van der Waals surface area contributed by atoms with Crippen molar-refractivity contribution in [3.63, 3.8) is 0 Å². The minimum atomic E-state index is -0.299. The summed E-state index contributed by atoms with van der Waals surface area (Å²) in [5.41, 5.74) is 2.76. The van der Waals surface area contributed by atoms with Crippen molar-refractivity contribution in [1.82, 2.24) is 20.1 Å². The van der Waals surface area contributed by atoms with Gasteiger partial charge in [-0.25, -0.2) is 4.39 Å². The fourth-order valence-corrected chi connectivity index (χ4v) is 3.95. The Morgan fingerprint density at radius 1 is 1.16 bits per heavy atom. The molecule has 162 valence electrons. The molecule has 0 atom stereocenters. The van der Waals surface area contributed by atoms with Gasteiger partial charge in [0.15, 0.2) is 22.5 Å². The average Bonchev–Trinajstić information content (AvgIpc) is 2.97. The molecule has 9 heteroatoms. The lowest BCUT2D eigenvalue weighted by Gasteiger charge is -2.12. The van der Waals surface area contributed by atoms with Gasteiger partial charge in [-0.3, -0.25) is 4.79 Å². The molecular weight excluding hydrogens is 419 g/mol. The third-order valence-corrected chi connectivity index (χ3v) is 5.93. The molecule has 0 fully saturated rings. The largest absolute Gasteiger partial charge is 0.490 e. The zero-order chi connectivity index (χ0) is 21.8. The first-order valence-corrected chi connectivity index (χ1v) is 10.9. The van der Waals surface area contributed by atoms with E-state index in [1.165, 1.54) is 23.9 Å². The van der Waals surface area contributed by atoms with Crippen molar-refractivity contribution < 1.29 is 18.7 Å². The Hall–Kier alpha value is -3.07. The van der Waals surface area contributed by atoms with E-state index in [0.29, 0.717) is 36.5 Å². The number of hydrogen-bond acceptors (Lipinski definition) is 6. The first kappa shape index (κ1) is 21.2. The predicted octanol–water partition coefficient (Wildman–Crippen LogP) is 3.50. The van der Waals surface area contributed by atoms with Gasteiger partial charge in [0.2, 0.25) is 5.91 Å². The Kier molecular flexibility index (Phi) is 6.41. The maximum atomic E-state index is 13.0. The molecule has 0 saturated carbocycles. The summed E-state index contributed by atoms with van der Waals surface area (Å²) < 4.78 is 26.4. The van der Waals surface area contributed by atoms with Crippen molar-refractivity contribution in [2.45, 2.75) is 25.0 Å². The van der Waals surface area contributed by atoms with Crippen LogP contribution in [0.4, 0.5) is 4.39 Å². The smallest absolute Gasteiger partial charge is 0.230 e. The topological polar surface area (TPSA) is 78.3 Å². The molecule has 0 bridgehead atoms. The van der Waals surface area contributed by atoms with Crippen LogP contribution < -0.4 is 14.8 Å². The van der Waals surface area contributed by atoms with E-state index in [9.17, 15) is 9.18 Å². The number of halogens is 1. The molecule has 7 nitrogen and oxygen atoms in total. The number of benzene rings is 2. The molecule has 1 amide bonds. The second-order valence-electron chi connectivity index (χ2n) is 7.22. The number of ether oxygens (including phenoxy) is 2. The van der Waals surface area contributed by atoms with E-state index in [1.807, 2.05) is 30.7 Å². The lowest BCUT2D eigenvalue weighted by molar-refractivity contribution is -0.118. The minimum absolute atomic E-state index is 0.134. The standard InChI is InChI=1S/C22H23FN4O3S/c1-14-10-18-19(30-9-3-8-29-18)11-17(14)21-25-26-22(27(21)2)31-13-20(28)24-12-15-4-6-16(23)7-5-15/h4-7,10-11H,3,8-9,12-13H2,1-2H3,(H,24,28). The van der Waals surface area contributed by atoms with Gasteiger partial charge in [-0.15, -0.1) is 10.2 Å². The molecule has 0 saturated heterocycles. The number of carbonyl (C=O) groups is 1. The number of nitrogens with one attached hydrogen (secondary N) is 1. The van der Waals surface area contributed by atoms with Gasteiger partial charge in [0.25, 0.3) is 0 Å². The quantitative estimate of drug-likeness (QED) is 0.589. The van der Waals surface area contributed by atoms with Crippen LogP contribution in [-0.2, 0) is 18.4 Å². The number of aryl methyl sites for hydroxylation is 1. The molecule has 0 radical (unpaired) electrons. The van der Waals surface area contributed by atoms with Crippen LogP contribution in [0, 0.1) is 12.7 Å². The summed E-state index contributed by atoms with van der Waals surface area (Å²) >= 11 is 1.31. The van der Waals surface area contributed by atoms with Crippen LogP contribution in [0.2, 0.25) is 0 Å². The molecule has 0 aliphatic carbocycles. The lowest BCUT2D eigenvalue weighted by Crippen LogP contribution is -2.24. The highest BCUT2D eigenvalue weighted by Crippen LogP contribution is 2.36. The Labute approximate surface area is 184 Å². The number of fused-ring (bicyclic) bond motifs is 1. The van der Waals surface area contributed by atoms with Crippen LogP contribution in [0.15, 0.2) is 41.6 Å². The highest BCUT2D eigenvalue weighted by molar-refractivity contribution is 7.99. The van der Waals surface area contributed by atoms with E-state index in [1.54, 1.807) is 12.1 Å². The number of amides is 1. The van der Waals surface area contributed by atoms with Crippen LogP contribution >= 0.6 is 11.8 Å². The van der Waals surface area contributed by atoms with Gasteiger partial charge < -0.3 is 19.4 Å². The van der Waals surface area contributed by atoms with E-state index in [2.05, 4.69) is 15.5 Å². The monoisotopic (exact) mass is 442 g/mol. The van der Waals surface area contributed by atoms with Gasteiger partial charge in [-0.2, -0.15) is 0 Å². The third-order valence-electron chi connectivity index (χ3n) is 4.91. The first-order chi connectivity index (χ1) is 15.0. The maximum absolute atomic E-state index is 13.0. The zero-order valence-corrected chi connectivity index (χ0v) is 18.2. The van der Waals surface area contributed by atoms with Crippen molar-refractivity contribution in [1.29, 1.82) is 0 Å². The minimum Gasteiger partial charge on any atom is -0.490 e. The van der Waals surface area contributed by atoms with E-state index in [-0.39, 0.29) is 17.5 Å². The van der Waals surface area contributed by atoms with Gasteiger partial charge >= 0.3 is 0 Å². The average molecular weight is 443 g/mol. The SMILES string of the molecule is Cc1cc2c(cc1-c1nnc(SCC(=O)NCc3ccc(F)cc3)n1C)OCCCO2. The van der Waals surface area contributed by atoms with Gasteiger partial charge in [-0.05, 0) is 42.3 Å². The summed E-state index contributed by atoms with van der Waals surface area (Å²) in [6.45, 7) is 3.59. The van der Waals surface area contributed by atoms with Crippen molar-refractivity contribution in [3.8, 4) is 22.9 Å². The number of carbonyl (C=O) groups excluding carboxylic acids is 1. The Bertz CT molecular complexity index is 1090. The lowest BCUT2D eigenvalue weighted by atomic mass is 10.1. The second kappa shape index (κ2) is 9.38. The third kappa shape index (κ3) is 4.99. The summed E-state index contributed by atoms with van der Waals surface area (Å²) in [6.07, 6.45) is 0.844. The highest BCUT2D eigenvalue weighted by atomic mass is 32.2. The maximum Gasteiger partial charge on any atom is 0.230 e. The van der Waals surface area contributed by atoms with Crippen LogP contribution in [0.5, 0.6) is 11.5 Å². The van der Waals surface area contributed by atoms with Gasteiger partial charge in [0.1, 0.15) is 5.82 Å². The number of aromatic nitrogens is 3. The summed E-state index contributed by atoms with van der Waals surface area (Å²) in [5, 5.41) is 12.0. The fourth-order valence-electron chi connectivity index (χ4n) is 3.21. The molecule has 4 rings (SSSR count). The Morgan fingerprint density at radius 2 is 1.87 bits per heavy atom. The molecule has 31 heavy (non-hydrogen) atoms. The molecule has 3 aromatic rings. The number of thioether (sulfide) groups is 1. The van der Waals surface area contributed by atoms with Crippen LogP contribution in [0.3, 0.4) is 0 Å². The van der Waals surface area contributed by atoms with E-state index in [4.69, 9.17) is 9.47 Å². The van der Waals surface area contributed by atoms with Gasteiger partial charge in [-0.1, -0.05) is 23.9 Å². The molecule has 1 N–H and O–H groups in total. The molecule has 1 aromatic heterocycles. The first-order valence-electron chi connectivity index (χ1n) is 9.95. The van der Waals surface area contributed by atoms with Crippen LogP contribution in [0.1, 0.15) is 17.5 Å². The summed E-state index contributed by atoms with van der Waals surface area (Å²) in [4.78, 5) is 12.2. The molecule has 0 unspecified atom stereocenters. The number of rotatable bonds is 6. The van der Waals surface area contributed by atoms with Gasteiger partial charge in [0, 0.05) is 25.6 Å². The molecular formula is C22H23FN4O3S. The van der Waals surface area contributed by atoms with Crippen molar-refractivity contribution in [2.24, 2.45) is 7.05 Å². The van der Waals surface area contributed by atoms with Crippen molar-refractivity contribution in [2.75, 3.05) is 19.0 Å². The Balaban J connectivity index is 1.41. The molecule has 1 aliphatic rings. The predicted molar refractivity (Wildman–Crippen MR) is 116 cm³/mol. The van der Waals surface area contributed by atoms with Crippen molar-refractivity contribution in [3.05, 3.63) is 53.3 Å². The van der Waals surface area contributed by atoms with Crippen LogP contribution in [-0.4, -0.2) is 39.6 Å². The molecule has 0 spiro atoms. The Morgan fingerprint density at radius 3 is 2.61 bits per heavy atom. The second-order valence-corrected chi connectivity index (χ2v) is 8.16. The molecule has 2 heterocycles. The van der Waals surface area contributed by atoms with Crippen LogP contribution in [0.25, 0.3) is 11.4 Å². The fraction of sp³-hybridized carbons (Fsp3) is 0.318. The molecule has 2 aromatic carbocycles. The normalized spacial score (nSPS) is 13.0. The van der Waals surface area contributed by atoms with Gasteiger partial charge in [0.05, 0.1) is 19.0 Å². The van der Waals surface area contributed by atoms with E-state index in [0.717, 1.165) is 28.9 Å². The van der Waals surface area contributed by atoms with E-state index < -0.39 is 0 Å². The summed E-state index contributed by atoms with van der Waals surface area (Å²) in [7, 11) is 1.87. The molecule has 1 aliphatic heterocycles. The number of hydrogen-bond donors (Lipinski definition) is 1. The van der Waals surface area contributed by atoms with Crippen molar-refractivity contribution >= 4 is 17.7 Å². The summed E-state index contributed by atoms with van der Waals surface area (Å²) in [5.74, 6) is 1.91. The van der Waals surface area contributed by atoms with E-state index >= 15 is 0 Å². The summed E-state index contributed by atoms with van der Waals surface area (Å²) in [6, 6.07) is 9.94. The highest BCUT2D eigenvalue weighted by Gasteiger charge is 2.19. The number of nitrogens with zero attached hydrogens (tertiary/aromatic N) is 3.